The second-order valence-electron chi connectivity index (χ2n) is 5.03. The molecule has 21 heavy (non-hydrogen) atoms. The largest absolute Gasteiger partial charge is 0.352 e. The lowest BCUT2D eigenvalue weighted by Gasteiger charge is -2.10. The fourth-order valence-electron chi connectivity index (χ4n) is 1.78. The van der Waals surface area contributed by atoms with Crippen LogP contribution in [0.2, 0.25) is 0 Å². The molecule has 0 radical (unpaired) electrons. The molecule has 1 unspecified atom stereocenters. The highest BCUT2D eigenvalue weighted by molar-refractivity contribution is 7.91. The number of carbonyl (C=O) groups excluding carboxylic acids is 1. The third kappa shape index (κ3) is 5.67. The van der Waals surface area contributed by atoms with Crippen molar-refractivity contribution in [3.05, 3.63) is 35.4 Å². The summed E-state index contributed by atoms with van der Waals surface area (Å²) in [7, 11) is -3.05. The Bertz CT molecular complexity index is 555. The summed E-state index contributed by atoms with van der Waals surface area (Å²) in [6, 6.07) is 7.02. The lowest BCUT2D eigenvalue weighted by Crippen LogP contribution is -2.27. The second-order valence-corrected chi connectivity index (χ2v) is 7.83. The van der Waals surface area contributed by atoms with Gasteiger partial charge in [0.25, 0.3) is 5.91 Å². The third-order valence-corrected chi connectivity index (χ3v) is 6.18. The van der Waals surface area contributed by atoms with Crippen molar-refractivity contribution in [2.75, 3.05) is 12.3 Å². The highest BCUT2D eigenvalue weighted by Crippen LogP contribution is 2.08. The molecule has 0 bridgehead atoms. The van der Waals surface area contributed by atoms with Crippen molar-refractivity contribution in [1.82, 2.24) is 5.32 Å². The number of rotatable bonds is 8. The topological polar surface area (TPSA) is 63.2 Å². The predicted octanol–water partition coefficient (Wildman–Crippen LogP) is 2.76. The average molecular weight is 332 g/mol. The Kier molecular flexibility index (Phi) is 7.18. The van der Waals surface area contributed by atoms with Crippen LogP contribution in [0.5, 0.6) is 0 Å². The third-order valence-electron chi connectivity index (χ3n) is 3.45. The first-order valence-electron chi connectivity index (χ1n) is 7.05. The molecule has 0 heterocycles. The Hall–Kier alpha value is -1.07. The number of amides is 1. The molecule has 0 aliphatic carbocycles. The van der Waals surface area contributed by atoms with Gasteiger partial charge in [0, 0.05) is 18.0 Å². The zero-order valence-electron chi connectivity index (χ0n) is 12.4. The summed E-state index contributed by atoms with van der Waals surface area (Å²) < 4.78 is 23.6. The maximum Gasteiger partial charge on any atom is 0.251 e. The Labute approximate surface area is 131 Å². The Morgan fingerprint density at radius 2 is 1.90 bits per heavy atom. The number of carbonyl (C=O) groups is 1. The molecule has 1 amide bonds. The fraction of sp³-hybridized carbons (Fsp3) is 0.533. The number of nitrogens with one attached hydrogen (secondary N) is 1. The van der Waals surface area contributed by atoms with Crippen molar-refractivity contribution in [1.29, 1.82) is 0 Å². The van der Waals surface area contributed by atoms with Gasteiger partial charge in [-0.05, 0) is 37.5 Å². The van der Waals surface area contributed by atoms with Crippen molar-refractivity contribution >= 4 is 27.3 Å². The van der Waals surface area contributed by atoms with E-state index in [1.54, 1.807) is 31.2 Å². The van der Waals surface area contributed by atoms with Gasteiger partial charge < -0.3 is 5.32 Å². The van der Waals surface area contributed by atoms with Gasteiger partial charge in [-0.3, -0.25) is 4.79 Å². The minimum atomic E-state index is -3.05. The molecule has 0 fully saturated rings. The van der Waals surface area contributed by atoms with Crippen molar-refractivity contribution in [3.63, 3.8) is 0 Å². The van der Waals surface area contributed by atoms with E-state index < -0.39 is 9.84 Å². The van der Waals surface area contributed by atoms with Gasteiger partial charge in [0.05, 0.1) is 11.0 Å². The summed E-state index contributed by atoms with van der Waals surface area (Å²) in [5, 5.41) is 2.41. The first kappa shape index (κ1) is 18.0. The van der Waals surface area contributed by atoms with Crippen LogP contribution in [-0.4, -0.2) is 31.9 Å². The lowest BCUT2D eigenvalue weighted by atomic mass is 10.1. The predicted molar refractivity (Wildman–Crippen MR) is 86.5 cm³/mol. The van der Waals surface area contributed by atoms with Crippen molar-refractivity contribution in [2.45, 2.75) is 37.8 Å². The molecule has 0 aromatic heterocycles. The number of hydrogen-bond donors (Lipinski definition) is 1. The standard InChI is InChI=1S/C15H22ClNO3S/c1-3-12(2)21(19,20)10-4-9-17-15(18)14-7-5-13(11-16)6-8-14/h5-8,12H,3-4,9-11H2,1-2H3,(H,17,18). The minimum absolute atomic E-state index is 0.105. The Morgan fingerprint density at radius 1 is 1.29 bits per heavy atom. The smallest absolute Gasteiger partial charge is 0.251 e. The summed E-state index contributed by atoms with van der Waals surface area (Å²) in [6.45, 7) is 3.92. The van der Waals surface area contributed by atoms with Gasteiger partial charge in [0.1, 0.15) is 0 Å². The maximum absolute atomic E-state index is 11.9. The van der Waals surface area contributed by atoms with Gasteiger partial charge in [-0.1, -0.05) is 19.1 Å². The molecule has 0 saturated heterocycles. The molecule has 6 heteroatoms. The fourth-order valence-corrected chi connectivity index (χ4v) is 3.41. The van der Waals surface area contributed by atoms with Crippen LogP contribution in [0.4, 0.5) is 0 Å². The molecule has 1 aromatic rings. The highest BCUT2D eigenvalue weighted by Gasteiger charge is 2.18. The number of hydrogen-bond acceptors (Lipinski definition) is 3. The lowest BCUT2D eigenvalue weighted by molar-refractivity contribution is 0.0953. The summed E-state index contributed by atoms with van der Waals surface area (Å²) in [5.74, 6) is 0.320. The zero-order chi connectivity index (χ0) is 15.9. The SMILES string of the molecule is CCC(C)S(=O)(=O)CCCNC(=O)c1ccc(CCl)cc1. The Balaban J connectivity index is 2.40. The van der Waals surface area contributed by atoms with Crippen LogP contribution in [0, 0.1) is 0 Å². The van der Waals surface area contributed by atoms with Crippen LogP contribution in [0.3, 0.4) is 0 Å². The molecule has 0 aliphatic rings. The summed E-state index contributed by atoms with van der Waals surface area (Å²) in [5.41, 5.74) is 1.50. The van der Waals surface area contributed by atoms with Crippen molar-refractivity contribution in [3.8, 4) is 0 Å². The molecule has 0 aliphatic heterocycles. The number of benzene rings is 1. The normalized spacial score (nSPS) is 12.9. The van der Waals surface area contributed by atoms with Crippen LogP contribution in [-0.2, 0) is 15.7 Å². The quantitative estimate of drug-likeness (QED) is 0.588. The summed E-state index contributed by atoms with van der Waals surface area (Å²) in [4.78, 5) is 11.9. The number of alkyl halides is 1. The minimum Gasteiger partial charge on any atom is -0.352 e. The van der Waals surface area contributed by atoms with E-state index in [4.69, 9.17) is 11.6 Å². The second kappa shape index (κ2) is 8.39. The van der Waals surface area contributed by atoms with Crippen LogP contribution in [0.1, 0.15) is 42.6 Å². The molecular formula is C15H22ClNO3S. The average Bonchev–Trinajstić information content (AvgIpc) is 2.50. The van der Waals surface area contributed by atoms with Crippen LogP contribution in [0.15, 0.2) is 24.3 Å². The van der Waals surface area contributed by atoms with Gasteiger partial charge in [0.15, 0.2) is 9.84 Å². The van der Waals surface area contributed by atoms with Gasteiger partial charge in [0.2, 0.25) is 0 Å². The Morgan fingerprint density at radius 3 is 2.43 bits per heavy atom. The van der Waals surface area contributed by atoms with E-state index in [1.807, 2.05) is 6.92 Å². The van der Waals surface area contributed by atoms with Crippen LogP contribution < -0.4 is 5.32 Å². The molecule has 0 saturated carbocycles. The van der Waals surface area contributed by atoms with Gasteiger partial charge >= 0.3 is 0 Å². The number of sulfone groups is 1. The molecule has 118 valence electrons. The van der Waals surface area contributed by atoms with E-state index >= 15 is 0 Å². The molecule has 1 rings (SSSR count). The van der Waals surface area contributed by atoms with E-state index in [0.29, 0.717) is 30.8 Å². The highest BCUT2D eigenvalue weighted by atomic mass is 35.5. The molecular weight excluding hydrogens is 310 g/mol. The van der Waals surface area contributed by atoms with E-state index in [-0.39, 0.29) is 16.9 Å². The summed E-state index contributed by atoms with van der Waals surface area (Å²) >= 11 is 5.68. The van der Waals surface area contributed by atoms with E-state index in [2.05, 4.69) is 5.32 Å². The maximum atomic E-state index is 11.9. The molecule has 4 nitrogen and oxygen atoms in total. The first-order chi connectivity index (χ1) is 9.90. The van der Waals surface area contributed by atoms with Gasteiger partial charge in [-0.15, -0.1) is 11.6 Å². The zero-order valence-corrected chi connectivity index (χ0v) is 14.0. The van der Waals surface area contributed by atoms with Gasteiger partial charge in [-0.2, -0.15) is 0 Å². The van der Waals surface area contributed by atoms with E-state index in [0.717, 1.165) is 5.56 Å². The van der Waals surface area contributed by atoms with Gasteiger partial charge in [-0.25, -0.2) is 8.42 Å². The molecule has 0 spiro atoms. The molecule has 1 atom stereocenters. The summed E-state index contributed by atoms with van der Waals surface area (Å²) in [6.07, 6.45) is 1.04. The van der Waals surface area contributed by atoms with Crippen molar-refractivity contribution < 1.29 is 13.2 Å². The molecule has 1 aromatic carbocycles. The van der Waals surface area contributed by atoms with Crippen molar-refractivity contribution in [2.24, 2.45) is 0 Å². The van der Waals surface area contributed by atoms with Crippen LogP contribution >= 0.6 is 11.6 Å². The van der Waals surface area contributed by atoms with E-state index in [9.17, 15) is 13.2 Å². The van der Waals surface area contributed by atoms with E-state index in [1.165, 1.54) is 0 Å². The molecule has 1 N–H and O–H groups in total. The van der Waals surface area contributed by atoms with Crippen LogP contribution in [0.25, 0.3) is 0 Å². The monoisotopic (exact) mass is 331 g/mol. The first-order valence-corrected chi connectivity index (χ1v) is 9.30. The number of halogens is 1.